The van der Waals surface area contributed by atoms with Crippen LogP contribution in [0.3, 0.4) is 0 Å². The van der Waals surface area contributed by atoms with Crippen LogP contribution in [0, 0.1) is 5.92 Å². The molecule has 0 aliphatic carbocycles. The van der Waals surface area contributed by atoms with E-state index in [-0.39, 0.29) is 5.91 Å². The molecule has 0 bridgehead atoms. The number of hydrogen-bond acceptors (Lipinski definition) is 6. The molecular weight excluding hydrogens is 386 g/mol. The summed E-state index contributed by atoms with van der Waals surface area (Å²) in [5.41, 5.74) is 2.02. The van der Waals surface area contributed by atoms with Crippen LogP contribution in [0.25, 0.3) is 0 Å². The summed E-state index contributed by atoms with van der Waals surface area (Å²) in [6, 6.07) is 15.3. The van der Waals surface area contributed by atoms with E-state index in [1.165, 1.54) is 11.5 Å². The normalized spacial score (nSPS) is 10.8. The first-order valence-corrected chi connectivity index (χ1v) is 10.3. The molecule has 0 spiro atoms. The van der Waals surface area contributed by atoms with E-state index in [0.717, 1.165) is 16.9 Å². The topological polar surface area (TPSA) is 73.3 Å². The number of ether oxygens (including phenoxy) is 2. The van der Waals surface area contributed by atoms with Crippen LogP contribution in [-0.2, 0) is 17.6 Å². The second kappa shape index (κ2) is 10.0. The fourth-order valence-electron chi connectivity index (χ4n) is 2.66. The maximum absolute atomic E-state index is 11.9. The molecule has 0 saturated carbocycles. The number of aromatic nitrogens is 2. The van der Waals surface area contributed by atoms with Crippen LogP contribution >= 0.6 is 11.5 Å². The SMILES string of the molecule is COc1cccc(Cc2nsc(Oc3ccc(CC(=O)NCC(C)C)cc3)n2)c1. The van der Waals surface area contributed by atoms with Crippen LogP contribution in [0.1, 0.15) is 30.8 Å². The minimum atomic E-state index is 0.0266. The fourth-order valence-corrected chi connectivity index (χ4v) is 3.23. The maximum Gasteiger partial charge on any atom is 0.298 e. The third-order valence-corrected chi connectivity index (χ3v) is 4.78. The van der Waals surface area contributed by atoms with E-state index in [1.807, 2.05) is 48.5 Å². The lowest BCUT2D eigenvalue weighted by Gasteiger charge is -2.08. The van der Waals surface area contributed by atoms with Gasteiger partial charge >= 0.3 is 0 Å². The van der Waals surface area contributed by atoms with Gasteiger partial charge in [0, 0.05) is 24.5 Å². The molecule has 2 aromatic carbocycles. The number of carbonyl (C=O) groups is 1. The summed E-state index contributed by atoms with van der Waals surface area (Å²) in [5.74, 6) is 2.65. The number of benzene rings is 2. The highest BCUT2D eigenvalue weighted by Crippen LogP contribution is 2.25. The molecule has 1 heterocycles. The van der Waals surface area contributed by atoms with Gasteiger partial charge in [0.2, 0.25) is 5.91 Å². The summed E-state index contributed by atoms with van der Waals surface area (Å²) in [5, 5.41) is 3.41. The van der Waals surface area contributed by atoms with E-state index >= 15 is 0 Å². The molecule has 0 saturated heterocycles. The van der Waals surface area contributed by atoms with Crippen molar-refractivity contribution in [3.8, 4) is 16.7 Å². The van der Waals surface area contributed by atoms with Gasteiger partial charge in [-0.2, -0.15) is 9.36 Å². The predicted molar refractivity (Wildman–Crippen MR) is 114 cm³/mol. The molecule has 1 amide bonds. The van der Waals surface area contributed by atoms with Crippen LogP contribution < -0.4 is 14.8 Å². The van der Waals surface area contributed by atoms with Gasteiger partial charge in [-0.05, 0) is 41.3 Å². The summed E-state index contributed by atoms with van der Waals surface area (Å²) >= 11 is 1.22. The highest BCUT2D eigenvalue weighted by molar-refractivity contribution is 7.07. The van der Waals surface area contributed by atoms with Crippen LogP contribution in [0.15, 0.2) is 48.5 Å². The quantitative estimate of drug-likeness (QED) is 0.570. The summed E-state index contributed by atoms with van der Waals surface area (Å²) in [6.45, 7) is 4.83. The van der Waals surface area contributed by atoms with E-state index in [1.54, 1.807) is 7.11 Å². The molecule has 152 valence electrons. The van der Waals surface area contributed by atoms with E-state index in [2.05, 4.69) is 28.5 Å². The number of carbonyl (C=O) groups excluding carboxylic acids is 1. The maximum atomic E-state index is 11.9. The van der Waals surface area contributed by atoms with Crippen molar-refractivity contribution < 1.29 is 14.3 Å². The van der Waals surface area contributed by atoms with Gasteiger partial charge < -0.3 is 14.8 Å². The van der Waals surface area contributed by atoms with Crippen molar-refractivity contribution in [1.29, 1.82) is 0 Å². The van der Waals surface area contributed by atoms with Crippen molar-refractivity contribution in [3.63, 3.8) is 0 Å². The lowest BCUT2D eigenvalue weighted by molar-refractivity contribution is -0.120. The van der Waals surface area contributed by atoms with Gasteiger partial charge in [0.1, 0.15) is 11.5 Å². The average molecular weight is 412 g/mol. The van der Waals surface area contributed by atoms with E-state index in [0.29, 0.717) is 42.1 Å². The predicted octanol–water partition coefficient (Wildman–Crippen LogP) is 4.24. The van der Waals surface area contributed by atoms with Crippen molar-refractivity contribution in [1.82, 2.24) is 14.7 Å². The Labute approximate surface area is 175 Å². The number of nitrogens with one attached hydrogen (secondary N) is 1. The van der Waals surface area contributed by atoms with Crippen molar-refractivity contribution in [2.45, 2.75) is 26.7 Å². The highest BCUT2D eigenvalue weighted by Gasteiger charge is 2.09. The summed E-state index contributed by atoms with van der Waals surface area (Å²) in [4.78, 5) is 16.4. The number of nitrogens with zero attached hydrogens (tertiary/aromatic N) is 2. The molecule has 0 unspecified atom stereocenters. The van der Waals surface area contributed by atoms with Gasteiger partial charge in [-0.15, -0.1) is 0 Å². The first-order chi connectivity index (χ1) is 14.0. The van der Waals surface area contributed by atoms with Crippen LogP contribution in [-0.4, -0.2) is 28.9 Å². The van der Waals surface area contributed by atoms with Crippen molar-refractivity contribution in [2.24, 2.45) is 5.92 Å². The van der Waals surface area contributed by atoms with Gasteiger partial charge in [0.15, 0.2) is 5.82 Å². The lowest BCUT2D eigenvalue weighted by Crippen LogP contribution is -2.28. The molecule has 7 heteroatoms. The first-order valence-electron chi connectivity index (χ1n) is 9.51. The molecule has 3 rings (SSSR count). The monoisotopic (exact) mass is 411 g/mol. The molecule has 1 N–H and O–H groups in total. The minimum absolute atomic E-state index is 0.0266. The van der Waals surface area contributed by atoms with Crippen LogP contribution in [0.2, 0.25) is 0 Å². The second-order valence-electron chi connectivity index (χ2n) is 7.13. The molecule has 0 aliphatic heterocycles. The molecule has 0 atom stereocenters. The Morgan fingerprint density at radius 3 is 2.62 bits per heavy atom. The van der Waals surface area contributed by atoms with Gasteiger partial charge in [-0.3, -0.25) is 4.79 Å². The number of hydrogen-bond donors (Lipinski definition) is 1. The molecule has 1 aromatic heterocycles. The van der Waals surface area contributed by atoms with Crippen molar-refractivity contribution >= 4 is 17.4 Å². The number of amides is 1. The van der Waals surface area contributed by atoms with Crippen molar-refractivity contribution in [2.75, 3.05) is 13.7 Å². The van der Waals surface area contributed by atoms with Crippen LogP contribution in [0.4, 0.5) is 0 Å². The first kappa shape index (κ1) is 20.8. The molecule has 3 aromatic rings. The van der Waals surface area contributed by atoms with Gasteiger partial charge in [-0.1, -0.05) is 38.1 Å². The molecule has 0 fully saturated rings. The second-order valence-corrected chi connectivity index (χ2v) is 7.84. The Hall–Kier alpha value is -2.93. The van der Waals surface area contributed by atoms with E-state index < -0.39 is 0 Å². The van der Waals surface area contributed by atoms with Gasteiger partial charge in [-0.25, -0.2) is 0 Å². The van der Waals surface area contributed by atoms with Crippen LogP contribution in [0.5, 0.6) is 16.7 Å². The number of rotatable bonds is 9. The summed E-state index contributed by atoms with van der Waals surface area (Å²) in [7, 11) is 1.65. The Morgan fingerprint density at radius 1 is 1.10 bits per heavy atom. The van der Waals surface area contributed by atoms with Gasteiger partial charge in [0.05, 0.1) is 13.5 Å². The average Bonchev–Trinajstić information content (AvgIpc) is 3.14. The Balaban J connectivity index is 1.54. The summed E-state index contributed by atoms with van der Waals surface area (Å²) in [6.07, 6.45) is 0.970. The molecular formula is C22H25N3O3S. The largest absolute Gasteiger partial charge is 0.497 e. The Kier molecular flexibility index (Phi) is 7.19. The third-order valence-electron chi connectivity index (χ3n) is 4.15. The lowest BCUT2D eigenvalue weighted by atomic mass is 10.1. The summed E-state index contributed by atoms with van der Waals surface area (Å²) < 4.78 is 15.4. The standard InChI is InChI=1S/C22H25N3O3S/c1-15(2)14-23-21(26)13-16-7-9-18(10-8-16)28-22-24-20(25-29-22)12-17-5-4-6-19(11-17)27-3/h4-11,15H,12-14H2,1-3H3,(H,23,26). The fraction of sp³-hybridized carbons (Fsp3) is 0.318. The third kappa shape index (κ3) is 6.57. The smallest absolute Gasteiger partial charge is 0.298 e. The highest BCUT2D eigenvalue weighted by atomic mass is 32.1. The Bertz CT molecular complexity index is 938. The van der Waals surface area contributed by atoms with E-state index in [9.17, 15) is 4.79 Å². The Morgan fingerprint density at radius 2 is 1.90 bits per heavy atom. The zero-order valence-corrected chi connectivity index (χ0v) is 17.7. The molecule has 0 aliphatic rings. The zero-order chi connectivity index (χ0) is 20.6. The molecule has 0 radical (unpaired) electrons. The number of methoxy groups -OCH3 is 1. The molecule has 29 heavy (non-hydrogen) atoms. The minimum Gasteiger partial charge on any atom is -0.497 e. The van der Waals surface area contributed by atoms with Gasteiger partial charge in [0.25, 0.3) is 5.19 Å². The molecule has 6 nitrogen and oxygen atoms in total. The zero-order valence-electron chi connectivity index (χ0n) is 16.8. The van der Waals surface area contributed by atoms with Crippen molar-refractivity contribution in [3.05, 3.63) is 65.5 Å². The van der Waals surface area contributed by atoms with E-state index in [4.69, 9.17) is 9.47 Å².